The first-order chi connectivity index (χ1) is 8.03. The van der Waals surface area contributed by atoms with Crippen molar-refractivity contribution in [1.82, 2.24) is 10.6 Å². The largest absolute Gasteiger partial charge is 0.471 e. The third kappa shape index (κ3) is 3.50. The van der Waals surface area contributed by atoms with Crippen LogP contribution in [0.2, 0.25) is 0 Å². The Morgan fingerprint density at radius 1 is 1.22 bits per heavy atom. The zero-order valence-corrected chi connectivity index (χ0v) is 9.32. The van der Waals surface area contributed by atoms with Crippen LogP contribution in [0.15, 0.2) is 0 Å². The maximum Gasteiger partial charge on any atom is 0.471 e. The van der Waals surface area contributed by atoms with Crippen molar-refractivity contribution in [3.63, 3.8) is 0 Å². The molecule has 1 heterocycles. The van der Waals surface area contributed by atoms with Crippen molar-refractivity contribution >= 4 is 5.91 Å². The first-order valence-corrected chi connectivity index (χ1v) is 5.21. The number of nitrogens with one attached hydrogen (secondary N) is 2. The van der Waals surface area contributed by atoms with Crippen LogP contribution in [-0.4, -0.2) is 36.9 Å². The lowest BCUT2D eigenvalue weighted by atomic mass is 9.88. The number of hydrogen-bond acceptors (Lipinski definition) is 2. The minimum Gasteiger partial charge on any atom is -0.343 e. The number of carbonyl (C=O) groups is 1. The standard InChI is InChI=1S/C9H12F6N2O/c1-4-2-3-16-6(8(10,11)12)5(4)17-7(18)9(13,14)15/h4-6,16H,2-3H2,1H3,(H,17,18)/t4-,5+,6+/m1/s1. The predicted molar refractivity (Wildman–Crippen MR) is 49.6 cm³/mol. The molecule has 1 saturated heterocycles. The van der Waals surface area contributed by atoms with E-state index < -0.39 is 36.3 Å². The maximum absolute atomic E-state index is 12.6. The summed E-state index contributed by atoms with van der Waals surface area (Å²) in [5.74, 6) is -3.04. The van der Waals surface area contributed by atoms with Gasteiger partial charge in [0.25, 0.3) is 0 Å². The monoisotopic (exact) mass is 278 g/mol. The quantitative estimate of drug-likeness (QED) is 0.715. The van der Waals surface area contributed by atoms with E-state index in [1.807, 2.05) is 0 Å². The normalized spacial score (nSPS) is 30.1. The molecule has 0 spiro atoms. The fourth-order valence-corrected chi connectivity index (χ4v) is 1.88. The Morgan fingerprint density at radius 3 is 2.22 bits per heavy atom. The Kier molecular flexibility index (Phi) is 4.14. The summed E-state index contributed by atoms with van der Waals surface area (Å²) in [5.41, 5.74) is 0. The van der Waals surface area contributed by atoms with E-state index in [0.717, 1.165) is 0 Å². The van der Waals surface area contributed by atoms with Crippen LogP contribution in [0.1, 0.15) is 13.3 Å². The molecule has 0 bridgehead atoms. The molecule has 106 valence electrons. The van der Waals surface area contributed by atoms with Gasteiger partial charge in [-0.2, -0.15) is 26.3 Å². The molecule has 0 unspecified atom stereocenters. The summed E-state index contributed by atoms with van der Waals surface area (Å²) < 4.78 is 74.0. The van der Waals surface area contributed by atoms with Gasteiger partial charge in [-0.25, -0.2) is 0 Å². The molecule has 1 amide bonds. The van der Waals surface area contributed by atoms with Gasteiger partial charge in [-0.15, -0.1) is 0 Å². The average Bonchev–Trinajstić information content (AvgIpc) is 2.17. The molecule has 18 heavy (non-hydrogen) atoms. The van der Waals surface area contributed by atoms with Crippen LogP contribution < -0.4 is 10.6 Å². The minimum absolute atomic E-state index is 0.0454. The molecule has 2 N–H and O–H groups in total. The third-order valence-electron chi connectivity index (χ3n) is 2.84. The Morgan fingerprint density at radius 2 is 1.78 bits per heavy atom. The molecule has 1 aliphatic rings. The second-order valence-electron chi connectivity index (χ2n) is 4.24. The molecule has 0 aliphatic carbocycles. The van der Waals surface area contributed by atoms with E-state index in [2.05, 4.69) is 5.32 Å². The minimum atomic E-state index is -5.19. The molecule has 0 aromatic carbocycles. The summed E-state index contributed by atoms with van der Waals surface area (Å²) in [4.78, 5) is 10.7. The lowest BCUT2D eigenvalue weighted by Gasteiger charge is -2.38. The summed E-state index contributed by atoms with van der Waals surface area (Å²) >= 11 is 0. The molecule has 0 aromatic rings. The predicted octanol–water partition coefficient (Wildman–Crippen LogP) is 1.59. The molecular formula is C9H12F6N2O. The van der Waals surface area contributed by atoms with Crippen molar-refractivity contribution in [3.05, 3.63) is 0 Å². The van der Waals surface area contributed by atoms with Gasteiger partial charge in [-0.1, -0.05) is 6.92 Å². The summed E-state index contributed by atoms with van der Waals surface area (Å²) in [6.07, 6.45) is -9.64. The van der Waals surface area contributed by atoms with Crippen LogP contribution in [-0.2, 0) is 4.79 Å². The summed E-state index contributed by atoms with van der Waals surface area (Å²) in [5, 5.41) is 3.51. The van der Waals surface area contributed by atoms with Crippen molar-refractivity contribution < 1.29 is 31.1 Å². The summed E-state index contributed by atoms with van der Waals surface area (Å²) in [6.45, 7) is 1.42. The first-order valence-electron chi connectivity index (χ1n) is 5.21. The van der Waals surface area contributed by atoms with Gasteiger partial charge in [-0.3, -0.25) is 4.79 Å². The van der Waals surface area contributed by atoms with Crippen molar-refractivity contribution in [3.8, 4) is 0 Å². The molecule has 0 saturated carbocycles. The van der Waals surface area contributed by atoms with E-state index in [1.54, 1.807) is 0 Å². The highest BCUT2D eigenvalue weighted by Gasteiger charge is 2.50. The topological polar surface area (TPSA) is 41.1 Å². The number of piperidine rings is 1. The number of halogens is 6. The Hall–Kier alpha value is -0.990. The van der Waals surface area contributed by atoms with Gasteiger partial charge in [0, 0.05) is 0 Å². The summed E-state index contributed by atoms with van der Waals surface area (Å²) in [7, 11) is 0. The van der Waals surface area contributed by atoms with E-state index >= 15 is 0 Å². The van der Waals surface area contributed by atoms with Crippen LogP contribution >= 0.6 is 0 Å². The molecule has 0 aromatic heterocycles. The van der Waals surface area contributed by atoms with Crippen LogP contribution in [0.5, 0.6) is 0 Å². The highest BCUT2D eigenvalue weighted by molar-refractivity contribution is 5.82. The number of hydrogen-bond donors (Lipinski definition) is 2. The number of amides is 1. The van der Waals surface area contributed by atoms with E-state index in [0.29, 0.717) is 0 Å². The lowest BCUT2D eigenvalue weighted by molar-refractivity contribution is -0.184. The van der Waals surface area contributed by atoms with Crippen molar-refractivity contribution in [2.24, 2.45) is 5.92 Å². The molecule has 0 radical (unpaired) electrons. The van der Waals surface area contributed by atoms with E-state index in [4.69, 9.17) is 0 Å². The first kappa shape index (κ1) is 15.1. The van der Waals surface area contributed by atoms with Gasteiger partial charge >= 0.3 is 18.3 Å². The van der Waals surface area contributed by atoms with Crippen molar-refractivity contribution in [2.75, 3.05) is 6.54 Å². The Balaban J connectivity index is 2.83. The Labute approximate surface area is 98.9 Å². The van der Waals surface area contributed by atoms with Gasteiger partial charge in [0.2, 0.25) is 0 Å². The zero-order chi connectivity index (χ0) is 14.1. The highest BCUT2D eigenvalue weighted by Crippen LogP contribution is 2.30. The Bertz CT molecular complexity index is 313. The molecule has 1 fully saturated rings. The fraction of sp³-hybridized carbons (Fsp3) is 0.889. The van der Waals surface area contributed by atoms with Crippen LogP contribution in [0, 0.1) is 5.92 Å². The van der Waals surface area contributed by atoms with Crippen LogP contribution in [0.4, 0.5) is 26.3 Å². The smallest absolute Gasteiger partial charge is 0.343 e. The van der Waals surface area contributed by atoms with Crippen LogP contribution in [0.3, 0.4) is 0 Å². The van der Waals surface area contributed by atoms with E-state index in [9.17, 15) is 31.1 Å². The second kappa shape index (κ2) is 4.94. The van der Waals surface area contributed by atoms with E-state index in [-0.39, 0.29) is 13.0 Å². The van der Waals surface area contributed by atoms with Gasteiger partial charge in [0.1, 0.15) is 6.04 Å². The van der Waals surface area contributed by atoms with Gasteiger partial charge in [0.15, 0.2) is 0 Å². The SMILES string of the molecule is C[C@@H]1CCN[C@H](C(F)(F)F)[C@H]1NC(=O)C(F)(F)F. The lowest BCUT2D eigenvalue weighted by Crippen LogP contribution is -2.64. The zero-order valence-electron chi connectivity index (χ0n) is 9.32. The summed E-state index contributed by atoms with van der Waals surface area (Å²) in [6, 6.07) is -3.78. The van der Waals surface area contributed by atoms with E-state index in [1.165, 1.54) is 12.2 Å². The van der Waals surface area contributed by atoms with Gasteiger partial charge in [0.05, 0.1) is 6.04 Å². The van der Waals surface area contributed by atoms with Crippen molar-refractivity contribution in [2.45, 2.75) is 37.8 Å². The fourth-order valence-electron chi connectivity index (χ4n) is 1.88. The number of alkyl halides is 6. The molecule has 9 heteroatoms. The molecule has 1 aliphatic heterocycles. The molecule has 3 nitrogen and oxygen atoms in total. The second-order valence-corrected chi connectivity index (χ2v) is 4.24. The van der Waals surface area contributed by atoms with Crippen LogP contribution in [0.25, 0.3) is 0 Å². The van der Waals surface area contributed by atoms with Crippen molar-refractivity contribution in [1.29, 1.82) is 0 Å². The van der Waals surface area contributed by atoms with Gasteiger partial charge < -0.3 is 10.6 Å². The number of rotatable bonds is 1. The molecular weight excluding hydrogens is 266 g/mol. The maximum atomic E-state index is 12.6. The third-order valence-corrected chi connectivity index (χ3v) is 2.84. The molecule has 1 rings (SSSR count). The average molecular weight is 278 g/mol. The highest BCUT2D eigenvalue weighted by atomic mass is 19.4. The number of carbonyl (C=O) groups excluding carboxylic acids is 1. The van der Waals surface area contributed by atoms with Gasteiger partial charge in [-0.05, 0) is 18.9 Å². The molecule has 3 atom stereocenters.